The number of esters is 1. The average molecular weight is 276 g/mol. The van der Waals surface area contributed by atoms with Gasteiger partial charge in [-0.1, -0.05) is 32.3 Å². The van der Waals surface area contributed by atoms with E-state index in [4.69, 9.17) is 8.92 Å². The molecule has 3 nitrogen and oxygen atoms in total. The summed E-state index contributed by atoms with van der Waals surface area (Å²) in [5.41, 5.74) is 0.448. The van der Waals surface area contributed by atoms with Crippen molar-refractivity contribution in [1.29, 1.82) is 0 Å². The minimum atomic E-state index is -0.951. The molecule has 0 aromatic carbocycles. The minimum absolute atomic E-state index is 0.310. The van der Waals surface area contributed by atoms with Gasteiger partial charge >= 0.3 is 5.97 Å². The van der Waals surface area contributed by atoms with E-state index in [-0.39, 0.29) is 5.97 Å². The first-order valence-electron chi connectivity index (χ1n) is 6.48. The SMILES string of the molecule is C1CCC1.C=C(C)C(=O)OCCCS(C)(C)OC. The maximum absolute atomic E-state index is 11.0. The molecule has 0 spiro atoms. The van der Waals surface area contributed by atoms with Crippen LogP contribution in [0.15, 0.2) is 12.2 Å². The van der Waals surface area contributed by atoms with Crippen LogP contribution in [-0.4, -0.2) is 38.0 Å². The molecule has 0 bridgehead atoms. The predicted octanol–water partition coefficient (Wildman–Crippen LogP) is 3.68. The standard InChI is InChI=1S/C10H20O3S.C4H8/c1-9(2)10(11)13-7-6-8-14(4,5)12-3;1-2-4-3-1/h1,6-8H2,2-5H3;1-4H2. The zero-order chi connectivity index (χ0) is 14.0. The smallest absolute Gasteiger partial charge is 0.333 e. The van der Waals surface area contributed by atoms with Gasteiger partial charge in [0.15, 0.2) is 0 Å². The molecular formula is C14H28O3S. The number of carbonyl (C=O) groups is 1. The number of hydrogen-bond acceptors (Lipinski definition) is 3. The Balaban J connectivity index is 0.000000601. The van der Waals surface area contributed by atoms with E-state index in [1.54, 1.807) is 14.0 Å². The average Bonchev–Trinajstić information content (AvgIpc) is 2.21. The molecule has 18 heavy (non-hydrogen) atoms. The number of carbonyl (C=O) groups excluding carboxylic acids is 1. The Kier molecular flexibility index (Phi) is 9.20. The van der Waals surface area contributed by atoms with Crippen molar-refractivity contribution in [3.05, 3.63) is 12.2 Å². The van der Waals surface area contributed by atoms with E-state index in [2.05, 4.69) is 19.1 Å². The maximum atomic E-state index is 11.0. The first kappa shape index (κ1) is 17.5. The quantitative estimate of drug-likeness (QED) is 0.422. The molecule has 0 unspecified atom stereocenters. The van der Waals surface area contributed by atoms with E-state index in [1.165, 1.54) is 25.7 Å². The fourth-order valence-electron chi connectivity index (χ4n) is 1.03. The summed E-state index contributed by atoms with van der Waals surface area (Å²) < 4.78 is 10.3. The molecule has 0 aromatic heterocycles. The van der Waals surface area contributed by atoms with Crippen LogP contribution in [0.2, 0.25) is 0 Å². The summed E-state index contributed by atoms with van der Waals surface area (Å²) in [5.74, 6) is 0.641. The predicted molar refractivity (Wildman–Crippen MR) is 80.2 cm³/mol. The zero-order valence-corrected chi connectivity index (χ0v) is 13.1. The third-order valence-electron chi connectivity index (χ3n) is 2.81. The van der Waals surface area contributed by atoms with Gasteiger partial charge < -0.3 is 8.92 Å². The number of ether oxygens (including phenoxy) is 1. The lowest BCUT2D eigenvalue weighted by Gasteiger charge is -2.28. The van der Waals surface area contributed by atoms with E-state index < -0.39 is 10.3 Å². The molecule has 108 valence electrons. The van der Waals surface area contributed by atoms with Crippen LogP contribution in [0.4, 0.5) is 0 Å². The molecule has 0 heterocycles. The van der Waals surface area contributed by atoms with Gasteiger partial charge in [0.25, 0.3) is 0 Å². The fourth-order valence-corrected chi connectivity index (χ4v) is 2.01. The molecule has 0 aromatic rings. The van der Waals surface area contributed by atoms with E-state index in [0.717, 1.165) is 12.2 Å². The summed E-state index contributed by atoms with van der Waals surface area (Å²) in [7, 11) is 0.766. The first-order chi connectivity index (χ1) is 8.39. The van der Waals surface area contributed by atoms with Gasteiger partial charge in [0, 0.05) is 18.4 Å². The molecule has 0 N–H and O–H groups in total. The van der Waals surface area contributed by atoms with Crippen LogP contribution >= 0.6 is 10.3 Å². The van der Waals surface area contributed by atoms with Crippen molar-refractivity contribution in [3.8, 4) is 0 Å². The zero-order valence-electron chi connectivity index (χ0n) is 12.3. The van der Waals surface area contributed by atoms with Gasteiger partial charge in [-0.15, -0.1) is 10.3 Å². The van der Waals surface area contributed by atoms with Crippen molar-refractivity contribution in [1.82, 2.24) is 0 Å². The number of hydrogen-bond donors (Lipinski definition) is 0. The van der Waals surface area contributed by atoms with Crippen molar-refractivity contribution in [2.75, 3.05) is 32.0 Å². The topological polar surface area (TPSA) is 35.5 Å². The van der Waals surface area contributed by atoms with Crippen molar-refractivity contribution < 1.29 is 13.7 Å². The Morgan fingerprint density at radius 1 is 1.22 bits per heavy atom. The van der Waals surface area contributed by atoms with Gasteiger partial charge in [-0.25, -0.2) is 4.79 Å². The lowest BCUT2D eigenvalue weighted by atomic mass is 10.0. The van der Waals surface area contributed by atoms with Crippen molar-refractivity contribution in [2.45, 2.75) is 39.0 Å². The summed E-state index contributed by atoms with van der Waals surface area (Å²) in [6.45, 7) is 5.60. The lowest BCUT2D eigenvalue weighted by molar-refractivity contribution is -0.138. The van der Waals surface area contributed by atoms with Gasteiger partial charge in [0.05, 0.1) is 6.61 Å². The molecule has 1 aliphatic carbocycles. The molecule has 1 aliphatic rings. The molecule has 4 heteroatoms. The van der Waals surface area contributed by atoms with E-state index in [0.29, 0.717) is 12.2 Å². The summed E-state index contributed by atoms with van der Waals surface area (Å²) >= 11 is 0. The Labute approximate surface area is 113 Å². The van der Waals surface area contributed by atoms with Crippen LogP contribution in [-0.2, 0) is 13.7 Å². The largest absolute Gasteiger partial charge is 0.462 e. The van der Waals surface area contributed by atoms with Crippen molar-refractivity contribution in [3.63, 3.8) is 0 Å². The monoisotopic (exact) mass is 276 g/mol. The van der Waals surface area contributed by atoms with Crippen LogP contribution in [0.1, 0.15) is 39.0 Å². The summed E-state index contributed by atoms with van der Waals surface area (Å²) in [4.78, 5) is 11.0. The third-order valence-corrected chi connectivity index (χ3v) is 4.99. The Morgan fingerprint density at radius 2 is 1.72 bits per heavy atom. The second-order valence-electron chi connectivity index (χ2n) is 4.99. The molecular weight excluding hydrogens is 248 g/mol. The first-order valence-corrected chi connectivity index (χ1v) is 9.02. The highest BCUT2D eigenvalue weighted by Gasteiger charge is 2.10. The molecule has 1 fully saturated rings. The van der Waals surface area contributed by atoms with Crippen LogP contribution in [0, 0.1) is 0 Å². The Morgan fingerprint density at radius 3 is 2.06 bits per heavy atom. The van der Waals surface area contributed by atoms with Crippen molar-refractivity contribution >= 4 is 16.3 Å². The lowest BCUT2D eigenvalue weighted by Crippen LogP contribution is -2.10. The summed E-state index contributed by atoms with van der Waals surface area (Å²) in [6, 6.07) is 0. The van der Waals surface area contributed by atoms with Gasteiger partial charge in [-0.05, 0) is 25.9 Å². The van der Waals surface area contributed by atoms with E-state index in [9.17, 15) is 4.79 Å². The van der Waals surface area contributed by atoms with Crippen LogP contribution in [0.5, 0.6) is 0 Å². The summed E-state index contributed by atoms with van der Waals surface area (Å²) in [5, 5.41) is 0. The molecule has 1 rings (SSSR count). The van der Waals surface area contributed by atoms with Gasteiger partial charge in [-0.3, -0.25) is 0 Å². The fraction of sp³-hybridized carbons (Fsp3) is 0.786. The Hall–Kier alpha value is -0.480. The van der Waals surface area contributed by atoms with Crippen molar-refractivity contribution in [2.24, 2.45) is 0 Å². The maximum Gasteiger partial charge on any atom is 0.333 e. The highest BCUT2D eigenvalue weighted by atomic mass is 32.3. The van der Waals surface area contributed by atoms with Crippen LogP contribution < -0.4 is 0 Å². The number of rotatable bonds is 6. The van der Waals surface area contributed by atoms with Crippen LogP contribution in [0.3, 0.4) is 0 Å². The van der Waals surface area contributed by atoms with Gasteiger partial charge in [0.1, 0.15) is 0 Å². The van der Waals surface area contributed by atoms with E-state index >= 15 is 0 Å². The molecule has 0 saturated heterocycles. The molecule has 0 amide bonds. The molecule has 1 saturated carbocycles. The highest BCUT2D eigenvalue weighted by Crippen LogP contribution is 2.40. The third kappa shape index (κ3) is 9.54. The van der Waals surface area contributed by atoms with Gasteiger partial charge in [-0.2, -0.15) is 0 Å². The normalized spacial score (nSPS) is 14.9. The Bertz CT molecular complexity index is 254. The minimum Gasteiger partial charge on any atom is -0.462 e. The van der Waals surface area contributed by atoms with Crippen LogP contribution in [0.25, 0.3) is 0 Å². The van der Waals surface area contributed by atoms with E-state index in [1.807, 2.05) is 0 Å². The molecule has 0 radical (unpaired) electrons. The second-order valence-corrected chi connectivity index (χ2v) is 8.61. The summed E-state index contributed by atoms with van der Waals surface area (Å²) in [6.07, 6.45) is 11.0. The molecule has 0 atom stereocenters. The molecule has 0 aliphatic heterocycles. The highest BCUT2D eigenvalue weighted by molar-refractivity contribution is 8.28. The van der Waals surface area contributed by atoms with Gasteiger partial charge in [0.2, 0.25) is 0 Å². The second kappa shape index (κ2) is 9.45.